The molecule has 1 amide bonds. The molecule has 0 bridgehead atoms. The molecule has 116 valence electrons. The van der Waals surface area contributed by atoms with Crippen molar-refractivity contribution in [3.8, 4) is 0 Å². The highest BCUT2D eigenvalue weighted by atomic mass is 79.9. The molecular formula is C16H15BrClNO2S. The monoisotopic (exact) mass is 399 g/mol. The molecule has 0 aliphatic heterocycles. The Morgan fingerprint density at radius 3 is 2.36 bits per heavy atom. The summed E-state index contributed by atoms with van der Waals surface area (Å²) in [6, 6.07) is 14.5. The molecule has 1 N–H and O–H groups in total. The van der Waals surface area contributed by atoms with Gasteiger partial charge in [0.15, 0.2) is 0 Å². The molecule has 0 fully saturated rings. The second-order valence-corrected chi connectivity index (χ2v) is 7.58. The second-order valence-electron chi connectivity index (χ2n) is 4.66. The van der Waals surface area contributed by atoms with E-state index in [9.17, 15) is 9.00 Å². The van der Waals surface area contributed by atoms with Crippen LogP contribution in [0.3, 0.4) is 0 Å². The summed E-state index contributed by atoms with van der Waals surface area (Å²) in [7, 11) is -1.11. The molecule has 3 nitrogen and oxygen atoms in total. The Morgan fingerprint density at radius 1 is 1.09 bits per heavy atom. The number of halogens is 2. The summed E-state index contributed by atoms with van der Waals surface area (Å²) in [6.07, 6.45) is 0.294. The quantitative estimate of drug-likeness (QED) is 0.806. The van der Waals surface area contributed by atoms with Crippen LogP contribution >= 0.6 is 27.5 Å². The van der Waals surface area contributed by atoms with Gasteiger partial charge >= 0.3 is 0 Å². The van der Waals surface area contributed by atoms with Crippen LogP contribution in [0.25, 0.3) is 0 Å². The smallest absolute Gasteiger partial charge is 0.224 e. The highest BCUT2D eigenvalue weighted by Crippen LogP contribution is 2.13. The van der Waals surface area contributed by atoms with E-state index >= 15 is 0 Å². The van der Waals surface area contributed by atoms with Gasteiger partial charge in [0.2, 0.25) is 5.91 Å². The molecule has 0 unspecified atom stereocenters. The lowest BCUT2D eigenvalue weighted by molar-refractivity contribution is -0.120. The molecular weight excluding hydrogens is 386 g/mol. The van der Waals surface area contributed by atoms with Crippen molar-refractivity contribution in [3.63, 3.8) is 0 Å². The molecule has 2 rings (SSSR count). The van der Waals surface area contributed by atoms with Crippen molar-refractivity contribution in [1.82, 2.24) is 5.32 Å². The summed E-state index contributed by atoms with van der Waals surface area (Å²) in [6.45, 7) is 0.384. The van der Waals surface area contributed by atoms with E-state index in [2.05, 4.69) is 21.2 Å². The van der Waals surface area contributed by atoms with Crippen LogP contribution in [-0.2, 0) is 22.0 Å². The number of carbonyl (C=O) groups is 1. The molecule has 0 aliphatic carbocycles. The zero-order chi connectivity index (χ0) is 15.9. The first-order valence-corrected chi connectivity index (χ1v) is 9.18. The first-order chi connectivity index (χ1) is 10.5. The number of hydrogen-bond acceptors (Lipinski definition) is 2. The van der Waals surface area contributed by atoms with Crippen molar-refractivity contribution < 1.29 is 9.00 Å². The zero-order valence-corrected chi connectivity index (χ0v) is 14.9. The van der Waals surface area contributed by atoms with Crippen LogP contribution in [0.5, 0.6) is 0 Å². The van der Waals surface area contributed by atoms with E-state index in [0.717, 1.165) is 14.9 Å². The van der Waals surface area contributed by atoms with Gasteiger partial charge in [-0.2, -0.15) is 0 Å². The van der Waals surface area contributed by atoms with E-state index < -0.39 is 10.8 Å². The predicted molar refractivity (Wildman–Crippen MR) is 93.6 cm³/mol. The van der Waals surface area contributed by atoms with Gasteiger partial charge in [0.25, 0.3) is 0 Å². The molecule has 0 radical (unpaired) electrons. The van der Waals surface area contributed by atoms with E-state index in [4.69, 9.17) is 11.6 Å². The maximum absolute atomic E-state index is 12.1. The third kappa shape index (κ3) is 5.55. The van der Waals surface area contributed by atoms with Crippen LogP contribution in [0.1, 0.15) is 5.56 Å². The average Bonchev–Trinajstić information content (AvgIpc) is 2.50. The van der Waals surface area contributed by atoms with Crippen molar-refractivity contribution in [2.45, 2.75) is 11.3 Å². The third-order valence-corrected chi connectivity index (χ3v) is 5.12. The molecule has 2 aromatic rings. The fourth-order valence-electron chi connectivity index (χ4n) is 1.84. The number of amides is 1. The van der Waals surface area contributed by atoms with Crippen LogP contribution < -0.4 is 5.32 Å². The van der Waals surface area contributed by atoms with Gasteiger partial charge < -0.3 is 5.32 Å². The fraction of sp³-hybridized carbons (Fsp3) is 0.188. The number of hydrogen-bond donors (Lipinski definition) is 1. The van der Waals surface area contributed by atoms with Crippen LogP contribution in [0.2, 0.25) is 5.02 Å². The number of carbonyl (C=O) groups excluding carboxylic acids is 1. The molecule has 0 spiro atoms. The zero-order valence-electron chi connectivity index (χ0n) is 11.7. The summed E-state index contributed by atoms with van der Waals surface area (Å²) < 4.78 is 13.0. The Hall–Kier alpha value is -1.17. The van der Waals surface area contributed by atoms with Crippen LogP contribution in [-0.4, -0.2) is 22.4 Å². The SMILES string of the molecule is O=C(Cc1ccc(Cl)cc1)NCC[S@@](=O)c1ccc(Br)cc1. The number of nitrogens with one attached hydrogen (secondary N) is 1. The Kier molecular flexibility index (Phi) is 6.61. The van der Waals surface area contributed by atoms with Crippen molar-refractivity contribution in [3.05, 3.63) is 63.6 Å². The van der Waals surface area contributed by atoms with Crippen molar-refractivity contribution in [2.75, 3.05) is 12.3 Å². The largest absolute Gasteiger partial charge is 0.355 e. The molecule has 6 heteroatoms. The molecule has 2 aromatic carbocycles. The van der Waals surface area contributed by atoms with Crippen molar-refractivity contribution in [2.24, 2.45) is 0 Å². The summed E-state index contributed by atoms with van der Waals surface area (Å²) in [4.78, 5) is 12.6. The topological polar surface area (TPSA) is 46.2 Å². The predicted octanol–water partition coefficient (Wildman–Crippen LogP) is 3.57. The van der Waals surface area contributed by atoms with Gasteiger partial charge in [-0.1, -0.05) is 39.7 Å². The molecule has 0 aliphatic rings. The molecule has 0 heterocycles. The number of rotatable bonds is 6. The number of benzene rings is 2. The van der Waals surface area contributed by atoms with Crippen molar-refractivity contribution in [1.29, 1.82) is 0 Å². The highest BCUT2D eigenvalue weighted by Gasteiger charge is 2.06. The Balaban J connectivity index is 1.75. The standard InChI is InChI=1S/C16H15BrClNO2S/c17-13-3-7-15(8-4-13)22(21)10-9-19-16(20)11-12-1-5-14(18)6-2-12/h1-8H,9-11H2,(H,19,20)/t22-/m1/s1. The summed E-state index contributed by atoms with van der Waals surface area (Å²) in [5.74, 6) is 0.309. The van der Waals surface area contributed by atoms with Gasteiger partial charge in [-0.25, -0.2) is 0 Å². The summed E-state index contributed by atoms with van der Waals surface area (Å²) in [5, 5.41) is 3.43. The Bertz CT molecular complexity index is 659. The van der Waals surface area contributed by atoms with E-state index in [-0.39, 0.29) is 5.91 Å². The molecule has 0 saturated heterocycles. The lowest BCUT2D eigenvalue weighted by Crippen LogP contribution is -2.29. The van der Waals surface area contributed by atoms with E-state index in [1.165, 1.54) is 0 Å². The minimum absolute atomic E-state index is 0.0878. The lowest BCUT2D eigenvalue weighted by Gasteiger charge is -2.06. The van der Waals surface area contributed by atoms with Crippen LogP contribution in [0.4, 0.5) is 0 Å². The summed E-state index contributed by atoms with van der Waals surface area (Å²) in [5.41, 5.74) is 0.899. The highest BCUT2D eigenvalue weighted by molar-refractivity contribution is 9.10. The first kappa shape index (κ1) is 17.2. The van der Waals surface area contributed by atoms with Gasteiger partial charge in [0.1, 0.15) is 0 Å². The second kappa shape index (κ2) is 8.46. The van der Waals surface area contributed by atoms with E-state index in [1.54, 1.807) is 12.1 Å². The molecule has 0 aromatic heterocycles. The van der Waals surface area contributed by atoms with Crippen molar-refractivity contribution >= 4 is 44.2 Å². The molecule has 1 atom stereocenters. The lowest BCUT2D eigenvalue weighted by atomic mass is 10.1. The van der Waals surface area contributed by atoms with E-state index in [1.807, 2.05) is 36.4 Å². The minimum Gasteiger partial charge on any atom is -0.355 e. The van der Waals surface area contributed by atoms with Gasteiger partial charge in [-0.15, -0.1) is 0 Å². The fourth-order valence-corrected chi connectivity index (χ4v) is 3.19. The van der Waals surface area contributed by atoms with Gasteiger partial charge in [0, 0.05) is 26.7 Å². The van der Waals surface area contributed by atoms with Gasteiger partial charge in [-0.05, 0) is 42.0 Å². The minimum atomic E-state index is -1.11. The maximum Gasteiger partial charge on any atom is 0.224 e. The maximum atomic E-state index is 12.1. The third-order valence-electron chi connectivity index (χ3n) is 2.96. The Morgan fingerprint density at radius 2 is 1.73 bits per heavy atom. The average molecular weight is 401 g/mol. The van der Waals surface area contributed by atoms with Gasteiger partial charge in [0.05, 0.1) is 17.2 Å². The summed E-state index contributed by atoms with van der Waals surface area (Å²) >= 11 is 9.14. The van der Waals surface area contributed by atoms with Gasteiger partial charge in [-0.3, -0.25) is 9.00 Å². The van der Waals surface area contributed by atoms with E-state index in [0.29, 0.717) is 23.7 Å². The molecule has 22 heavy (non-hydrogen) atoms. The van der Waals surface area contributed by atoms with Crippen LogP contribution in [0, 0.1) is 0 Å². The van der Waals surface area contributed by atoms with Crippen LogP contribution in [0.15, 0.2) is 57.9 Å². The molecule has 0 saturated carbocycles. The normalized spacial score (nSPS) is 11.9. The Labute approximate surface area is 145 Å². The first-order valence-electron chi connectivity index (χ1n) is 6.69.